The number of amides is 3. The number of carbonyl (C=O) groups excluding carboxylic acids is 2. The summed E-state index contributed by atoms with van der Waals surface area (Å²) in [6, 6.07) is 8.22. The zero-order valence-corrected chi connectivity index (χ0v) is 16.2. The SMILES string of the molecule is COc1ccc(CN(CN2C(=O)N[C@]3(CCCC[C@H]3C)C2=O)C2CC2)cc1. The molecule has 6 nitrogen and oxygen atoms in total. The summed E-state index contributed by atoms with van der Waals surface area (Å²) in [5.41, 5.74) is 0.487. The largest absolute Gasteiger partial charge is 0.497 e. The Hall–Kier alpha value is -2.08. The van der Waals surface area contributed by atoms with Gasteiger partial charge in [0.25, 0.3) is 5.91 Å². The minimum atomic E-state index is -0.676. The highest BCUT2D eigenvalue weighted by Crippen LogP contribution is 2.39. The Morgan fingerprint density at radius 2 is 1.93 bits per heavy atom. The van der Waals surface area contributed by atoms with Crippen LogP contribution in [0, 0.1) is 5.92 Å². The van der Waals surface area contributed by atoms with E-state index in [-0.39, 0.29) is 17.9 Å². The van der Waals surface area contributed by atoms with Crippen molar-refractivity contribution in [3.05, 3.63) is 29.8 Å². The lowest BCUT2D eigenvalue weighted by Crippen LogP contribution is -2.54. The molecule has 2 saturated carbocycles. The Morgan fingerprint density at radius 1 is 1.19 bits per heavy atom. The van der Waals surface area contributed by atoms with Crippen LogP contribution in [0.3, 0.4) is 0 Å². The number of carbonyl (C=O) groups is 2. The Kier molecular flexibility index (Phi) is 4.84. The van der Waals surface area contributed by atoms with E-state index in [4.69, 9.17) is 4.74 Å². The molecule has 3 aliphatic rings. The summed E-state index contributed by atoms with van der Waals surface area (Å²) in [4.78, 5) is 29.6. The first-order valence-corrected chi connectivity index (χ1v) is 10.0. The number of hydrogen-bond acceptors (Lipinski definition) is 4. The molecule has 1 aliphatic heterocycles. The number of hydrogen-bond donors (Lipinski definition) is 1. The molecule has 0 aromatic heterocycles. The average Bonchev–Trinajstić information content (AvgIpc) is 3.49. The van der Waals surface area contributed by atoms with Crippen molar-refractivity contribution in [3.63, 3.8) is 0 Å². The number of nitrogens with zero attached hydrogens (tertiary/aromatic N) is 2. The summed E-state index contributed by atoms with van der Waals surface area (Å²) in [7, 11) is 1.66. The van der Waals surface area contributed by atoms with Crippen LogP contribution in [0.2, 0.25) is 0 Å². The second-order valence-electron chi connectivity index (χ2n) is 8.25. The van der Waals surface area contributed by atoms with E-state index in [0.717, 1.165) is 56.4 Å². The van der Waals surface area contributed by atoms with E-state index in [1.54, 1.807) is 7.11 Å². The van der Waals surface area contributed by atoms with Crippen molar-refractivity contribution >= 4 is 11.9 Å². The zero-order chi connectivity index (χ0) is 19.0. The predicted octanol–water partition coefficient (Wildman–Crippen LogP) is 3.12. The van der Waals surface area contributed by atoms with Crippen molar-refractivity contribution in [1.82, 2.24) is 15.1 Å². The molecule has 6 heteroatoms. The lowest BCUT2D eigenvalue weighted by atomic mass is 9.73. The first-order chi connectivity index (χ1) is 13.0. The molecule has 3 fully saturated rings. The molecule has 3 amide bonds. The van der Waals surface area contributed by atoms with Gasteiger partial charge in [-0.1, -0.05) is 31.9 Å². The molecule has 2 aliphatic carbocycles. The van der Waals surface area contributed by atoms with Crippen molar-refractivity contribution in [3.8, 4) is 5.75 Å². The van der Waals surface area contributed by atoms with E-state index in [2.05, 4.69) is 17.1 Å². The quantitative estimate of drug-likeness (QED) is 0.781. The predicted molar refractivity (Wildman–Crippen MR) is 102 cm³/mol. The van der Waals surface area contributed by atoms with Gasteiger partial charge in [-0.05, 0) is 49.3 Å². The van der Waals surface area contributed by atoms with Crippen LogP contribution in [-0.4, -0.2) is 47.1 Å². The number of rotatable bonds is 6. The van der Waals surface area contributed by atoms with Crippen molar-refractivity contribution in [2.45, 2.75) is 63.6 Å². The number of methoxy groups -OCH3 is 1. The molecule has 2 atom stereocenters. The molecule has 1 aromatic rings. The summed E-state index contributed by atoms with van der Waals surface area (Å²) < 4.78 is 5.22. The summed E-state index contributed by atoms with van der Waals surface area (Å²) in [6.45, 7) is 3.20. The van der Waals surface area contributed by atoms with Gasteiger partial charge in [0.1, 0.15) is 11.3 Å². The van der Waals surface area contributed by atoms with Crippen LogP contribution in [0.25, 0.3) is 0 Å². The fraction of sp³-hybridized carbons (Fsp3) is 0.619. The van der Waals surface area contributed by atoms with Gasteiger partial charge in [0.05, 0.1) is 13.8 Å². The van der Waals surface area contributed by atoms with Gasteiger partial charge in [0, 0.05) is 12.6 Å². The molecule has 1 aromatic carbocycles. The Bertz CT molecular complexity index is 716. The fourth-order valence-electron chi connectivity index (χ4n) is 4.51. The van der Waals surface area contributed by atoms with Crippen LogP contribution in [0.4, 0.5) is 4.79 Å². The van der Waals surface area contributed by atoms with E-state index in [1.807, 2.05) is 24.3 Å². The summed E-state index contributed by atoms with van der Waals surface area (Å²) in [5, 5.41) is 3.06. The number of imide groups is 1. The topological polar surface area (TPSA) is 61.9 Å². The number of benzene rings is 1. The van der Waals surface area contributed by atoms with E-state index in [0.29, 0.717) is 12.7 Å². The van der Waals surface area contributed by atoms with Gasteiger partial charge in [0.2, 0.25) is 0 Å². The van der Waals surface area contributed by atoms with Crippen LogP contribution >= 0.6 is 0 Å². The molecule has 1 spiro atoms. The lowest BCUT2D eigenvalue weighted by molar-refractivity contribution is -0.135. The average molecular weight is 371 g/mol. The van der Waals surface area contributed by atoms with E-state index in [9.17, 15) is 9.59 Å². The summed E-state index contributed by atoms with van der Waals surface area (Å²) in [6.07, 6.45) is 6.15. The van der Waals surface area contributed by atoms with Crippen LogP contribution in [0.15, 0.2) is 24.3 Å². The Labute approximate surface area is 160 Å². The molecule has 1 saturated heterocycles. The second-order valence-corrected chi connectivity index (χ2v) is 8.25. The Balaban J connectivity index is 1.48. The van der Waals surface area contributed by atoms with Gasteiger partial charge in [-0.15, -0.1) is 0 Å². The van der Waals surface area contributed by atoms with Crippen LogP contribution in [-0.2, 0) is 11.3 Å². The van der Waals surface area contributed by atoms with E-state index < -0.39 is 5.54 Å². The number of urea groups is 1. The third kappa shape index (κ3) is 3.43. The molecule has 0 radical (unpaired) electrons. The smallest absolute Gasteiger partial charge is 0.326 e. The summed E-state index contributed by atoms with van der Waals surface area (Å²) >= 11 is 0. The third-order valence-corrected chi connectivity index (χ3v) is 6.43. The highest BCUT2D eigenvalue weighted by atomic mass is 16.5. The van der Waals surface area contributed by atoms with Crippen molar-refractivity contribution in [2.75, 3.05) is 13.8 Å². The third-order valence-electron chi connectivity index (χ3n) is 6.43. The molecule has 0 bridgehead atoms. The van der Waals surface area contributed by atoms with Crippen LogP contribution < -0.4 is 10.1 Å². The van der Waals surface area contributed by atoms with Crippen molar-refractivity contribution in [1.29, 1.82) is 0 Å². The molecule has 1 heterocycles. The van der Waals surface area contributed by atoms with Gasteiger partial charge in [-0.25, -0.2) is 9.69 Å². The molecular weight excluding hydrogens is 342 g/mol. The second kappa shape index (κ2) is 7.15. The summed E-state index contributed by atoms with van der Waals surface area (Å²) in [5.74, 6) is 1.00. The molecule has 0 unspecified atom stereocenters. The van der Waals surface area contributed by atoms with Gasteiger partial charge < -0.3 is 10.1 Å². The molecule has 27 heavy (non-hydrogen) atoms. The Morgan fingerprint density at radius 3 is 2.56 bits per heavy atom. The van der Waals surface area contributed by atoms with Gasteiger partial charge in [0.15, 0.2) is 0 Å². The zero-order valence-electron chi connectivity index (χ0n) is 16.2. The van der Waals surface area contributed by atoms with Gasteiger partial charge >= 0.3 is 6.03 Å². The maximum Gasteiger partial charge on any atom is 0.326 e. The fourth-order valence-corrected chi connectivity index (χ4v) is 4.51. The minimum Gasteiger partial charge on any atom is -0.497 e. The number of ether oxygens (including phenoxy) is 1. The van der Waals surface area contributed by atoms with Crippen LogP contribution in [0.5, 0.6) is 5.75 Å². The molecule has 146 valence electrons. The maximum absolute atomic E-state index is 13.2. The first-order valence-electron chi connectivity index (χ1n) is 10.0. The standard InChI is InChI=1S/C21H29N3O3/c1-15-5-3-4-12-21(15)19(25)24(20(26)22-21)14-23(17-8-9-17)13-16-6-10-18(27-2)11-7-16/h6-7,10-11,15,17H,3-5,8-9,12-14H2,1-2H3,(H,22,26)/t15-,21+/m1/s1. The van der Waals surface area contributed by atoms with Crippen LogP contribution in [0.1, 0.15) is 51.0 Å². The number of nitrogens with one attached hydrogen (secondary N) is 1. The van der Waals surface area contributed by atoms with Gasteiger partial charge in [-0.3, -0.25) is 9.69 Å². The minimum absolute atomic E-state index is 0.0277. The first kappa shape index (κ1) is 18.3. The van der Waals surface area contributed by atoms with Gasteiger partial charge in [-0.2, -0.15) is 0 Å². The maximum atomic E-state index is 13.2. The monoisotopic (exact) mass is 371 g/mol. The highest BCUT2D eigenvalue weighted by Gasteiger charge is 2.55. The van der Waals surface area contributed by atoms with Crippen molar-refractivity contribution in [2.24, 2.45) is 5.92 Å². The van der Waals surface area contributed by atoms with Crippen molar-refractivity contribution < 1.29 is 14.3 Å². The van der Waals surface area contributed by atoms with E-state index in [1.165, 1.54) is 4.90 Å². The normalized spacial score (nSPS) is 28.1. The lowest BCUT2D eigenvalue weighted by Gasteiger charge is -2.37. The molecule has 4 rings (SSSR count). The molecule has 1 N–H and O–H groups in total. The highest BCUT2D eigenvalue weighted by molar-refractivity contribution is 6.07. The van der Waals surface area contributed by atoms with E-state index >= 15 is 0 Å². The molecular formula is C21H29N3O3.